The number of nitrogens with zero attached hydrogens (tertiary/aromatic N) is 4. The van der Waals surface area contributed by atoms with Gasteiger partial charge >= 0.3 is 10.2 Å². The highest BCUT2D eigenvalue weighted by atomic mass is 32.2. The smallest absolute Gasteiger partial charge is 0.307 e. The number of amides is 2. The van der Waals surface area contributed by atoms with Crippen molar-refractivity contribution >= 4 is 39.0 Å². The summed E-state index contributed by atoms with van der Waals surface area (Å²) in [5, 5.41) is 3.40. The molecule has 1 saturated heterocycles. The van der Waals surface area contributed by atoms with Crippen LogP contribution in [0.2, 0.25) is 0 Å². The number of carbonyl (C=O) groups is 2. The molecule has 0 atom stereocenters. The number of para-hydroxylation sites is 2. The molecular weight excluding hydrogens is 494 g/mol. The van der Waals surface area contributed by atoms with E-state index in [0.717, 1.165) is 4.31 Å². The first kappa shape index (κ1) is 26.4. The van der Waals surface area contributed by atoms with Gasteiger partial charge in [-0.2, -0.15) is 12.7 Å². The molecule has 1 aromatic heterocycles. The van der Waals surface area contributed by atoms with Gasteiger partial charge in [-0.05, 0) is 31.3 Å². The van der Waals surface area contributed by atoms with E-state index in [1.807, 2.05) is 7.05 Å². The summed E-state index contributed by atoms with van der Waals surface area (Å²) in [7, 11) is 2.54. The van der Waals surface area contributed by atoms with Crippen molar-refractivity contribution in [3.63, 3.8) is 0 Å². The number of ether oxygens (including phenoxy) is 1. The van der Waals surface area contributed by atoms with E-state index in [-0.39, 0.29) is 17.2 Å². The second kappa shape index (κ2) is 10.8. The number of rotatable bonds is 7. The molecule has 0 radical (unpaired) electrons. The first-order chi connectivity index (χ1) is 17.6. The monoisotopic (exact) mass is 525 g/mol. The molecule has 0 unspecified atom stereocenters. The van der Waals surface area contributed by atoms with E-state index < -0.39 is 16.1 Å². The van der Waals surface area contributed by atoms with Gasteiger partial charge in [0.05, 0.1) is 18.2 Å². The topological polar surface area (TPSA) is 104 Å². The third-order valence-corrected chi connectivity index (χ3v) is 8.06. The van der Waals surface area contributed by atoms with Gasteiger partial charge in [-0.25, -0.2) is 3.97 Å². The fourth-order valence-corrected chi connectivity index (χ4v) is 5.17. The lowest BCUT2D eigenvalue weighted by Crippen LogP contribution is -2.49. The van der Waals surface area contributed by atoms with Gasteiger partial charge in [0.1, 0.15) is 11.4 Å². The average Bonchev–Trinajstić information content (AvgIpc) is 3.27. The van der Waals surface area contributed by atoms with Crippen LogP contribution in [0.5, 0.6) is 5.75 Å². The van der Waals surface area contributed by atoms with Gasteiger partial charge < -0.3 is 19.9 Å². The van der Waals surface area contributed by atoms with Crippen LogP contribution in [-0.2, 0) is 15.0 Å². The third-order valence-electron chi connectivity index (χ3n) is 6.34. The predicted octanol–water partition coefficient (Wildman–Crippen LogP) is 1.85. The van der Waals surface area contributed by atoms with Gasteiger partial charge in [-0.15, -0.1) is 0 Å². The van der Waals surface area contributed by atoms with Gasteiger partial charge in [-0.3, -0.25) is 9.59 Å². The molecule has 37 heavy (non-hydrogen) atoms. The minimum absolute atomic E-state index is 0.0469. The molecule has 1 aliphatic rings. The van der Waals surface area contributed by atoms with Crippen LogP contribution in [0.1, 0.15) is 15.9 Å². The molecule has 0 bridgehead atoms. The molecule has 3 aromatic rings. The third kappa shape index (κ3) is 5.38. The minimum Gasteiger partial charge on any atom is -0.496 e. The Morgan fingerprint density at radius 1 is 1.00 bits per heavy atom. The van der Waals surface area contributed by atoms with Crippen molar-refractivity contribution in [3.8, 4) is 5.75 Å². The van der Waals surface area contributed by atoms with Crippen LogP contribution in [0, 0.1) is 0 Å². The molecule has 196 valence electrons. The van der Waals surface area contributed by atoms with Crippen molar-refractivity contribution in [2.45, 2.75) is 0 Å². The van der Waals surface area contributed by atoms with Crippen molar-refractivity contribution in [3.05, 3.63) is 71.6 Å². The molecule has 0 aliphatic carbocycles. The highest BCUT2D eigenvalue weighted by molar-refractivity contribution is 7.87. The Balaban J connectivity index is 1.81. The van der Waals surface area contributed by atoms with Crippen LogP contribution in [0.3, 0.4) is 0 Å². The van der Waals surface area contributed by atoms with Gasteiger partial charge in [0.2, 0.25) is 0 Å². The molecule has 0 spiro atoms. The van der Waals surface area contributed by atoms with Gasteiger partial charge in [0, 0.05) is 57.4 Å². The summed E-state index contributed by atoms with van der Waals surface area (Å²) in [6.45, 7) is 2.43. The normalized spacial score (nSPS) is 15.3. The zero-order valence-electron chi connectivity index (χ0n) is 21.3. The summed E-state index contributed by atoms with van der Waals surface area (Å²) >= 11 is 0. The van der Waals surface area contributed by atoms with E-state index in [4.69, 9.17) is 4.74 Å². The van der Waals surface area contributed by atoms with Crippen molar-refractivity contribution in [1.82, 2.24) is 23.4 Å². The van der Waals surface area contributed by atoms with Crippen molar-refractivity contribution in [1.29, 1.82) is 0 Å². The number of nitrogens with one attached hydrogen (secondary N) is 1. The standard InChI is InChI=1S/C26H31N5O5S/c1-28(2)37(34,35)31-18-19(20-9-5-7-11-23(20)31)17-22(26(33)30-15-13-29(3)14-16-30)27-25(32)21-10-6-8-12-24(21)36-4/h5-12,17-18H,13-16H2,1-4H3,(H,27,32). The number of likely N-dealkylation sites (N-methyl/N-ethyl adjacent to an activating group) is 1. The summed E-state index contributed by atoms with van der Waals surface area (Å²) < 4.78 is 33.6. The summed E-state index contributed by atoms with van der Waals surface area (Å²) in [6.07, 6.45) is 3.00. The van der Waals surface area contributed by atoms with Crippen LogP contribution in [0.25, 0.3) is 17.0 Å². The zero-order valence-corrected chi connectivity index (χ0v) is 22.2. The molecule has 0 saturated carbocycles. The van der Waals surface area contributed by atoms with Gasteiger partial charge in [0.25, 0.3) is 11.8 Å². The highest BCUT2D eigenvalue weighted by Crippen LogP contribution is 2.26. The first-order valence-corrected chi connectivity index (χ1v) is 13.2. The van der Waals surface area contributed by atoms with E-state index in [9.17, 15) is 18.0 Å². The fourth-order valence-electron chi connectivity index (χ4n) is 4.17. The zero-order chi connectivity index (χ0) is 26.7. The number of hydrogen-bond donors (Lipinski definition) is 1. The minimum atomic E-state index is -3.82. The Bertz CT molecular complexity index is 1450. The van der Waals surface area contributed by atoms with Crippen LogP contribution in [0.4, 0.5) is 0 Å². The number of carbonyl (C=O) groups excluding carboxylic acids is 2. The molecule has 4 rings (SSSR count). The highest BCUT2D eigenvalue weighted by Gasteiger charge is 2.26. The molecule has 2 aromatic carbocycles. The van der Waals surface area contributed by atoms with Crippen molar-refractivity contribution in [2.75, 3.05) is 54.4 Å². The van der Waals surface area contributed by atoms with Crippen molar-refractivity contribution < 1.29 is 22.7 Å². The second-order valence-electron chi connectivity index (χ2n) is 9.00. The number of fused-ring (bicyclic) bond motifs is 1. The fraction of sp³-hybridized carbons (Fsp3) is 0.308. The van der Waals surface area contributed by atoms with Gasteiger partial charge in [-0.1, -0.05) is 30.3 Å². The SMILES string of the molecule is COc1ccccc1C(=O)NC(=Cc1cn(S(=O)(=O)N(C)C)c2ccccc12)C(=O)N1CCN(C)CC1. The number of piperazine rings is 1. The summed E-state index contributed by atoms with van der Waals surface area (Å²) in [5.74, 6) is -0.473. The number of methoxy groups -OCH3 is 1. The molecule has 2 amide bonds. The Morgan fingerprint density at radius 3 is 2.32 bits per heavy atom. The summed E-state index contributed by atoms with van der Waals surface area (Å²) in [4.78, 5) is 30.7. The Hall–Kier alpha value is -3.67. The van der Waals surface area contributed by atoms with Crippen LogP contribution in [-0.4, -0.2) is 92.7 Å². The molecule has 10 nitrogen and oxygen atoms in total. The number of hydrogen-bond acceptors (Lipinski definition) is 6. The maximum absolute atomic E-state index is 13.6. The summed E-state index contributed by atoms with van der Waals surface area (Å²) in [5.41, 5.74) is 1.27. The lowest BCUT2D eigenvalue weighted by molar-refractivity contribution is -0.128. The Labute approximate surface area is 216 Å². The number of benzene rings is 2. The molecule has 1 aliphatic heterocycles. The molecule has 11 heteroatoms. The lowest BCUT2D eigenvalue weighted by Gasteiger charge is -2.33. The van der Waals surface area contributed by atoms with Crippen LogP contribution < -0.4 is 10.1 Å². The van der Waals surface area contributed by atoms with E-state index in [2.05, 4.69) is 10.2 Å². The predicted molar refractivity (Wildman–Crippen MR) is 142 cm³/mol. The Morgan fingerprint density at radius 2 is 1.65 bits per heavy atom. The average molecular weight is 526 g/mol. The quantitative estimate of drug-likeness (QED) is 0.472. The van der Waals surface area contributed by atoms with E-state index >= 15 is 0 Å². The van der Waals surface area contributed by atoms with Crippen molar-refractivity contribution in [2.24, 2.45) is 0 Å². The molecule has 1 fully saturated rings. The second-order valence-corrected chi connectivity index (χ2v) is 11.0. The summed E-state index contributed by atoms with van der Waals surface area (Å²) in [6, 6.07) is 13.8. The largest absolute Gasteiger partial charge is 0.496 e. The molecule has 1 N–H and O–H groups in total. The first-order valence-electron chi connectivity index (χ1n) is 11.8. The van der Waals surface area contributed by atoms with Crippen LogP contribution in [0.15, 0.2) is 60.4 Å². The van der Waals surface area contributed by atoms with E-state index in [1.165, 1.54) is 37.5 Å². The van der Waals surface area contributed by atoms with Gasteiger partial charge in [0.15, 0.2) is 0 Å². The van der Waals surface area contributed by atoms with E-state index in [1.54, 1.807) is 53.4 Å². The van der Waals surface area contributed by atoms with E-state index in [0.29, 0.717) is 48.4 Å². The lowest BCUT2D eigenvalue weighted by atomic mass is 10.1. The Kier molecular flexibility index (Phi) is 7.67. The molecular formula is C26H31N5O5S. The van der Waals surface area contributed by atoms with Crippen LogP contribution >= 0.6 is 0 Å². The molecule has 2 heterocycles. The number of aromatic nitrogens is 1. The maximum atomic E-state index is 13.6. The maximum Gasteiger partial charge on any atom is 0.307 e.